The van der Waals surface area contributed by atoms with Crippen LogP contribution in [0.1, 0.15) is 46.0 Å². The van der Waals surface area contributed by atoms with E-state index in [4.69, 9.17) is 4.52 Å². The number of halogens is 3. The standard InChI is InChI=1S/C16H14F3NO4S2/c1-25-15-12(14(24-20-15)8-3-4-8)13(21)10-6-5-9(16(17,18)19)7-11(10)26(2,22)23/h5-8H,3-4H2,1-2H3. The van der Waals surface area contributed by atoms with Gasteiger partial charge in [-0.05, 0) is 37.3 Å². The second-order valence-electron chi connectivity index (χ2n) is 6.02. The van der Waals surface area contributed by atoms with E-state index in [0.717, 1.165) is 36.9 Å². The van der Waals surface area contributed by atoms with E-state index in [9.17, 15) is 26.4 Å². The van der Waals surface area contributed by atoms with Crippen molar-refractivity contribution in [2.75, 3.05) is 12.5 Å². The molecule has 1 fully saturated rings. The van der Waals surface area contributed by atoms with Crippen LogP contribution in [-0.4, -0.2) is 31.9 Å². The number of ketones is 1. The molecule has 2 aromatic rings. The Morgan fingerprint density at radius 2 is 1.96 bits per heavy atom. The summed E-state index contributed by atoms with van der Waals surface area (Å²) < 4.78 is 68.1. The third kappa shape index (κ3) is 3.52. The van der Waals surface area contributed by atoms with E-state index in [0.29, 0.717) is 17.9 Å². The molecule has 1 aliphatic rings. The molecule has 5 nitrogen and oxygen atoms in total. The van der Waals surface area contributed by atoms with Gasteiger partial charge in [0.15, 0.2) is 20.6 Å². The fraction of sp³-hybridized carbons (Fsp3) is 0.375. The number of carbonyl (C=O) groups is 1. The highest BCUT2D eigenvalue weighted by Gasteiger charge is 2.37. The molecule has 0 spiro atoms. The van der Waals surface area contributed by atoms with Crippen LogP contribution in [0.4, 0.5) is 13.2 Å². The second-order valence-corrected chi connectivity index (χ2v) is 8.79. The SMILES string of the molecule is CSc1noc(C2CC2)c1C(=O)c1ccc(C(F)(F)F)cc1S(C)(=O)=O. The van der Waals surface area contributed by atoms with Gasteiger partial charge in [-0.25, -0.2) is 8.42 Å². The fourth-order valence-corrected chi connectivity index (χ4v) is 4.00. The van der Waals surface area contributed by atoms with Gasteiger partial charge in [0.05, 0.1) is 16.0 Å². The van der Waals surface area contributed by atoms with Gasteiger partial charge in [0.1, 0.15) is 0 Å². The summed E-state index contributed by atoms with van der Waals surface area (Å²) in [7, 11) is -4.07. The molecule has 0 unspecified atom stereocenters. The van der Waals surface area contributed by atoms with Crippen LogP contribution in [0.25, 0.3) is 0 Å². The van der Waals surface area contributed by atoms with E-state index in [1.165, 1.54) is 0 Å². The van der Waals surface area contributed by atoms with Gasteiger partial charge >= 0.3 is 6.18 Å². The molecule has 1 aromatic carbocycles. The Kier molecular flexibility index (Phi) is 4.68. The zero-order valence-corrected chi connectivity index (χ0v) is 15.4. The Balaban J connectivity index is 2.18. The van der Waals surface area contributed by atoms with E-state index in [2.05, 4.69) is 5.16 Å². The van der Waals surface area contributed by atoms with Gasteiger partial charge in [0.25, 0.3) is 0 Å². The fourth-order valence-electron chi connectivity index (χ4n) is 2.59. The quantitative estimate of drug-likeness (QED) is 0.554. The molecule has 26 heavy (non-hydrogen) atoms. The third-order valence-electron chi connectivity index (χ3n) is 4.01. The maximum absolute atomic E-state index is 13.0. The number of aromatic nitrogens is 1. The van der Waals surface area contributed by atoms with Crippen molar-refractivity contribution in [2.24, 2.45) is 0 Å². The molecule has 0 saturated heterocycles. The summed E-state index contributed by atoms with van der Waals surface area (Å²) in [4.78, 5) is 12.3. The molecule has 10 heteroatoms. The Morgan fingerprint density at radius 1 is 1.31 bits per heavy atom. The predicted molar refractivity (Wildman–Crippen MR) is 88.2 cm³/mol. The van der Waals surface area contributed by atoms with Crippen molar-refractivity contribution in [1.29, 1.82) is 0 Å². The summed E-state index contributed by atoms with van der Waals surface area (Å²) in [5.74, 6) is -0.316. The van der Waals surface area contributed by atoms with Crippen LogP contribution in [0.5, 0.6) is 0 Å². The van der Waals surface area contributed by atoms with Gasteiger partial charge in [0.2, 0.25) is 5.78 Å². The molecule has 1 aliphatic carbocycles. The maximum Gasteiger partial charge on any atom is 0.416 e. The monoisotopic (exact) mass is 405 g/mol. The first kappa shape index (κ1) is 19.0. The summed E-state index contributed by atoms with van der Waals surface area (Å²) in [6.07, 6.45) is -0.647. The van der Waals surface area contributed by atoms with Crippen molar-refractivity contribution in [3.05, 3.63) is 40.6 Å². The summed E-state index contributed by atoms with van der Waals surface area (Å²) in [5.41, 5.74) is -1.32. The van der Waals surface area contributed by atoms with Crippen molar-refractivity contribution < 1.29 is 30.9 Å². The number of alkyl halides is 3. The average Bonchev–Trinajstić information content (AvgIpc) is 3.30. The highest BCUT2D eigenvalue weighted by atomic mass is 32.2. The number of rotatable bonds is 5. The van der Waals surface area contributed by atoms with E-state index in [1.807, 2.05) is 0 Å². The number of hydrogen-bond acceptors (Lipinski definition) is 6. The first-order chi connectivity index (χ1) is 12.0. The minimum atomic E-state index is -4.72. The zero-order chi connectivity index (χ0) is 19.3. The van der Waals surface area contributed by atoms with Crippen LogP contribution in [0.2, 0.25) is 0 Å². The van der Waals surface area contributed by atoms with Crippen LogP contribution in [-0.2, 0) is 16.0 Å². The van der Waals surface area contributed by atoms with Crippen molar-refractivity contribution in [3.8, 4) is 0 Å². The normalized spacial score (nSPS) is 15.3. The van der Waals surface area contributed by atoms with Crippen molar-refractivity contribution in [3.63, 3.8) is 0 Å². The lowest BCUT2D eigenvalue weighted by Crippen LogP contribution is -2.14. The minimum absolute atomic E-state index is 0.0264. The van der Waals surface area contributed by atoms with Gasteiger partial charge in [-0.3, -0.25) is 4.79 Å². The first-order valence-electron chi connectivity index (χ1n) is 7.53. The van der Waals surface area contributed by atoms with Crippen LogP contribution >= 0.6 is 11.8 Å². The molecule has 1 aromatic heterocycles. The van der Waals surface area contributed by atoms with Crippen molar-refractivity contribution in [2.45, 2.75) is 34.9 Å². The maximum atomic E-state index is 13.0. The van der Waals surface area contributed by atoms with Gasteiger partial charge in [-0.2, -0.15) is 13.2 Å². The van der Waals surface area contributed by atoms with Gasteiger partial charge in [0, 0.05) is 17.7 Å². The molecule has 0 aliphatic heterocycles. The molecular weight excluding hydrogens is 391 g/mol. The van der Waals surface area contributed by atoms with E-state index < -0.39 is 32.3 Å². The molecule has 1 heterocycles. The van der Waals surface area contributed by atoms with Crippen LogP contribution < -0.4 is 0 Å². The van der Waals surface area contributed by atoms with E-state index in [1.54, 1.807) is 6.26 Å². The Hall–Kier alpha value is -1.81. The largest absolute Gasteiger partial charge is 0.416 e. The van der Waals surface area contributed by atoms with E-state index >= 15 is 0 Å². The molecule has 0 atom stereocenters. The minimum Gasteiger partial charge on any atom is -0.359 e. The first-order valence-corrected chi connectivity index (χ1v) is 10.6. The lowest BCUT2D eigenvalue weighted by Gasteiger charge is -2.12. The summed E-state index contributed by atoms with van der Waals surface area (Å²) in [6, 6.07) is 2.09. The summed E-state index contributed by atoms with van der Waals surface area (Å²) in [5, 5.41) is 4.12. The van der Waals surface area contributed by atoms with Crippen molar-refractivity contribution >= 4 is 27.4 Å². The molecule has 140 valence electrons. The lowest BCUT2D eigenvalue weighted by atomic mass is 10.0. The van der Waals surface area contributed by atoms with Crippen LogP contribution in [0.3, 0.4) is 0 Å². The van der Waals surface area contributed by atoms with Gasteiger partial charge in [-0.1, -0.05) is 5.16 Å². The molecule has 0 bridgehead atoms. The predicted octanol–water partition coefficient (Wildman–Crippen LogP) is 3.93. The van der Waals surface area contributed by atoms with E-state index in [-0.39, 0.29) is 22.1 Å². The molecule has 0 N–H and O–H groups in total. The Labute approximate surface area is 151 Å². The van der Waals surface area contributed by atoms with Crippen LogP contribution in [0.15, 0.2) is 32.6 Å². The van der Waals surface area contributed by atoms with Gasteiger partial charge in [-0.15, -0.1) is 11.8 Å². The average molecular weight is 405 g/mol. The number of hydrogen-bond donors (Lipinski definition) is 0. The van der Waals surface area contributed by atoms with Crippen molar-refractivity contribution in [1.82, 2.24) is 5.16 Å². The smallest absolute Gasteiger partial charge is 0.359 e. The molecule has 1 saturated carbocycles. The molecular formula is C16H14F3NO4S2. The highest BCUT2D eigenvalue weighted by Crippen LogP contribution is 2.44. The number of nitrogens with zero attached hydrogens (tertiary/aromatic N) is 1. The van der Waals surface area contributed by atoms with Gasteiger partial charge < -0.3 is 4.52 Å². The summed E-state index contributed by atoms with van der Waals surface area (Å²) in [6.45, 7) is 0. The third-order valence-corrected chi connectivity index (χ3v) is 5.81. The molecule has 3 rings (SSSR count). The molecule has 0 amide bonds. The number of sulfone groups is 1. The Morgan fingerprint density at radius 3 is 2.46 bits per heavy atom. The number of benzene rings is 1. The Bertz CT molecular complexity index is 976. The molecule has 0 radical (unpaired) electrons. The summed E-state index contributed by atoms with van der Waals surface area (Å²) >= 11 is 1.15. The lowest BCUT2D eigenvalue weighted by molar-refractivity contribution is -0.137. The second kappa shape index (κ2) is 6.41. The zero-order valence-electron chi connectivity index (χ0n) is 13.8. The number of thioether (sulfide) groups is 1. The number of carbonyl (C=O) groups excluding carboxylic acids is 1. The highest BCUT2D eigenvalue weighted by molar-refractivity contribution is 7.98. The van der Waals surface area contributed by atoms with Crippen LogP contribution in [0, 0.1) is 0 Å². The topological polar surface area (TPSA) is 77.2 Å².